The number of carbonyl (C=O) groups excluding carboxylic acids is 2. The molecule has 1 fully saturated rings. The van der Waals surface area contributed by atoms with Gasteiger partial charge in [0.2, 0.25) is 0 Å². The molecule has 8 heteroatoms. The number of amides is 3. The molecular formula is C21H27FN4O2S. The Morgan fingerprint density at radius 3 is 2.83 bits per heavy atom. The first-order chi connectivity index (χ1) is 13.7. The summed E-state index contributed by atoms with van der Waals surface area (Å²) in [4.78, 5) is 31.8. The van der Waals surface area contributed by atoms with Crippen LogP contribution in [0.15, 0.2) is 30.5 Å². The molecule has 2 N–H and O–H groups in total. The third kappa shape index (κ3) is 5.76. The molecule has 2 heterocycles. The minimum absolute atomic E-state index is 0.00640. The van der Waals surface area contributed by atoms with Crippen molar-refractivity contribution in [3.63, 3.8) is 0 Å². The summed E-state index contributed by atoms with van der Waals surface area (Å²) >= 11 is 1.45. The molecule has 1 atom stereocenters. The summed E-state index contributed by atoms with van der Waals surface area (Å²) in [6, 6.07) is 5.38. The Bertz CT molecular complexity index is 878. The lowest BCUT2D eigenvalue weighted by molar-refractivity contribution is 0.0680. The average molecular weight is 419 g/mol. The van der Waals surface area contributed by atoms with E-state index in [0.29, 0.717) is 30.2 Å². The number of aromatic nitrogens is 1. The van der Waals surface area contributed by atoms with Crippen LogP contribution in [0.2, 0.25) is 0 Å². The molecule has 29 heavy (non-hydrogen) atoms. The molecule has 0 bridgehead atoms. The van der Waals surface area contributed by atoms with Crippen LogP contribution in [0.4, 0.5) is 14.9 Å². The largest absolute Gasteiger partial charge is 0.338 e. The van der Waals surface area contributed by atoms with Gasteiger partial charge in [-0.1, -0.05) is 26.8 Å². The Labute approximate surface area is 174 Å². The summed E-state index contributed by atoms with van der Waals surface area (Å²) in [6.07, 6.45) is 3.51. The van der Waals surface area contributed by atoms with Gasteiger partial charge in [-0.2, -0.15) is 0 Å². The Hall–Kier alpha value is -2.48. The number of rotatable bonds is 4. The number of nitrogens with one attached hydrogen (secondary N) is 2. The first-order valence-corrected chi connectivity index (χ1v) is 10.6. The van der Waals surface area contributed by atoms with Crippen molar-refractivity contribution in [3.8, 4) is 0 Å². The number of urea groups is 1. The van der Waals surface area contributed by atoms with Gasteiger partial charge in [-0.3, -0.25) is 4.79 Å². The minimum atomic E-state index is -0.401. The number of carbonyl (C=O) groups is 2. The summed E-state index contributed by atoms with van der Waals surface area (Å²) in [7, 11) is 0. The van der Waals surface area contributed by atoms with Crippen LogP contribution in [0.3, 0.4) is 0 Å². The average Bonchev–Trinajstić information content (AvgIpc) is 3.17. The fourth-order valence-electron chi connectivity index (χ4n) is 3.27. The molecule has 2 aromatic rings. The summed E-state index contributed by atoms with van der Waals surface area (Å²) in [5.74, 6) is -0.213. The van der Waals surface area contributed by atoms with Gasteiger partial charge in [0, 0.05) is 30.7 Å². The number of thiazole rings is 1. The summed E-state index contributed by atoms with van der Waals surface area (Å²) in [6.45, 7) is 8.02. The van der Waals surface area contributed by atoms with E-state index in [-0.39, 0.29) is 23.3 Å². The molecule has 1 saturated heterocycles. The molecule has 1 aliphatic heterocycles. The van der Waals surface area contributed by atoms with Crippen LogP contribution >= 0.6 is 11.3 Å². The third-order valence-electron chi connectivity index (χ3n) is 4.80. The van der Waals surface area contributed by atoms with Crippen LogP contribution in [0, 0.1) is 11.7 Å². The maximum Gasteiger partial charge on any atom is 0.319 e. The maximum atomic E-state index is 13.2. The Morgan fingerprint density at radius 2 is 2.14 bits per heavy atom. The van der Waals surface area contributed by atoms with Gasteiger partial charge in [0.25, 0.3) is 5.91 Å². The van der Waals surface area contributed by atoms with Gasteiger partial charge in [0.05, 0.1) is 11.2 Å². The zero-order chi connectivity index (χ0) is 21.0. The predicted octanol–water partition coefficient (Wildman–Crippen LogP) is 4.25. The number of hydrogen-bond acceptors (Lipinski definition) is 4. The fourth-order valence-corrected chi connectivity index (χ4v) is 4.21. The van der Waals surface area contributed by atoms with Crippen molar-refractivity contribution < 1.29 is 14.0 Å². The molecule has 3 amide bonds. The van der Waals surface area contributed by atoms with Crippen LogP contribution in [0.25, 0.3) is 0 Å². The monoisotopic (exact) mass is 418 g/mol. The SMILES string of the molecule is CC(C)(C)c1ncc(C(=O)N2CCCC(CNC(=O)Nc3cccc(F)c3)C2)s1. The lowest BCUT2D eigenvalue weighted by Gasteiger charge is -2.32. The molecule has 1 aromatic heterocycles. The van der Waals surface area contributed by atoms with E-state index in [1.807, 2.05) is 4.90 Å². The molecule has 156 valence electrons. The highest BCUT2D eigenvalue weighted by molar-refractivity contribution is 7.13. The highest BCUT2D eigenvalue weighted by Crippen LogP contribution is 2.28. The van der Waals surface area contributed by atoms with Crippen LogP contribution in [-0.4, -0.2) is 41.5 Å². The molecule has 1 unspecified atom stereocenters. The van der Waals surface area contributed by atoms with Crippen LogP contribution < -0.4 is 10.6 Å². The Kier molecular flexibility index (Phi) is 6.52. The van der Waals surface area contributed by atoms with E-state index in [1.54, 1.807) is 18.3 Å². The van der Waals surface area contributed by atoms with Crippen molar-refractivity contribution in [2.45, 2.75) is 39.0 Å². The highest BCUT2D eigenvalue weighted by atomic mass is 32.1. The standard InChI is InChI=1S/C21H27FN4O2S/c1-21(2,3)19-23-12-17(29-19)18(27)26-9-5-6-14(13-26)11-24-20(28)25-16-8-4-7-15(22)10-16/h4,7-8,10,12,14H,5-6,9,11,13H2,1-3H3,(H2,24,25,28). The lowest BCUT2D eigenvalue weighted by Crippen LogP contribution is -2.44. The van der Waals surface area contributed by atoms with Crippen molar-refractivity contribution in [1.29, 1.82) is 0 Å². The smallest absolute Gasteiger partial charge is 0.319 e. The Morgan fingerprint density at radius 1 is 1.34 bits per heavy atom. The van der Waals surface area contributed by atoms with E-state index in [9.17, 15) is 14.0 Å². The summed E-state index contributed by atoms with van der Waals surface area (Å²) in [5, 5.41) is 6.39. The van der Waals surface area contributed by atoms with Gasteiger partial charge < -0.3 is 15.5 Å². The van der Waals surface area contributed by atoms with Gasteiger partial charge in [0.15, 0.2) is 0 Å². The topological polar surface area (TPSA) is 74.3 Å². The lowest BCUT2D eigenvalue weighted by atomic mass is 9.98. The second-order valence-corrected chi connectivity index (χ2v) is 9.42. The van der Waals surface area contributed by atoms with E-state index in [4.69, 9.17) is 0 Å². The maximum absolute atomic E-state index is 13.2. The quantitative estimate of drug-likeness (QED) is 0.779. The molecule has 1 aromatic carbocycles. The van der Waals surface area contributed by atoms with Crippen molar-refractivity contribution in [2.75, 3.05) is 25.0 Å². The van der Waals surface area contributed by atoms with E-state index in [0.717, 1.165) is 17.8 Å². The van der Waals surface area contributed by atoms with E-state index in [2.05, 4.69) is 36.4 Å². The Balaban J connectivity index is 1.51. The van der Waals surface area contributed by atoms with E-state index < -0.39 is 5.82 Å². The number of anilines is 1. The zero-order valence-electron chi connectivity index (χ0n) is 17.0. The number of halogens is 1. The van der Waals surface area contributed by atoms with Crippen LogP contribution in [0.5, 0.6) is 0 Å². The van der Waals surface area contributed by atoms with Crippen molar-refractivity contribution >= 4 is 29.0 Å². The molecule has 3 rings (SSSR count). The molecule has 0 radical (unpaired) electrons. The molecule has 1 aliphatic rings. The zero-order valence-corrected chi connectivity index (χ0v) is 17.8. The molecule has 6 nitrogen and oxygen atoms in total. The molecular weight excluding hydrogens is 391 g/mol. The second kappa shape index (κ2) is 8.90. The molecule has 0 aliphatic carbocycles. The van der Waals surface area contributed by atoms with Crippen LogP contribution in [0.1, 0.15) is 48.3 Å². The van der Waals surface area contributed by atoms with Crippen molar-refractivity contribution in [3.05, 3.63) is 46.2 Å². The first kappa shape index (κ1) is 21.2. The second-order valence-electron chi connectivity index (χ2n) is 8.38. The number of hydrogen-bond donors (Lipinski definition) is 2. The van der Waals surface area contributed by atoms with Crippen LogP contribution in [-0.2, 0) is 5.41 Å². The number of piperidine rings is 1. The van der Waals surface area contributed by atoms with Gasteiger partial charge in [-0.15, -0.1) is 11.3 Å². The minimum Gasteiger partial charge on any atom is -0.338 e. The van der Waals surface area contributed by atoms with Crippen molar-refractivity contribution in [2.24, 2.45) is 5.92 Å². The predicted molar refractivity (Wildman–Crippen MR) is 113 cm³/mol. The highest BCUT2D eigenvalue weighted by Gasteiger charge is 2.27. The van der Waals surface area contributed by atoms with Crippen molar-refractivity contribution in [1.82, 2.24) is 15.2 Å². The van der Waals surface area contributed by atoms with Gasteiger partial charge in [-0.25, -0.2) is 14.2 Å². The van der Waals surface area contributed by atoms with E-state index in [1.165, 1.54) is 23.5 Å². The van der Waals surface area contributed by atoms with E-state index >= 15 is 0 Å². The normalized spacial score (nSPS) is 17.1. The number of benzene rings is 1. The van der Waals surface area contributed by atoms with Gasteiger partial charge in [-0.05, 0) is 37.0 Å². The first-order valence-electron chi connectivity index (χ1n) is 9.78. The number of nitrogens with zero attached hydrogens (tertiary/aromatic N) is 2. The van der Waals surface area contributed by atoms with Gasteiger partial charge in [0.1, 0.15) is 10.7 Å². The molecule has 0 saturated carbocycles. The fraction of sp³-hybridized carbons (Fsp3) is 0.476. The molecule has 0 spiro atoms. The summed E-state index contributed by atoms with van der Waals surface area (Å²) < 4.78 is 13.2. The third-order valence-corrected chi connectivity index (χ3v) is 6.21. The number of likely N-dealkylation sites (tertiary alicyclic amines) is 1. The van der Waals surface area contributed by atoms with Gasteiger partial charge >= 0.3 is 6.03 Å². The summed E-state index contributed by atoms with van der Waals surface area (Å²) in [5.41, 5.74) is 0.329.